The summed E-state index contributed by atoms with van der Waals surface area (Å²) in [7, 11) is 0. The number of hydrogen-bond donors (Lipinski definition) is 2. The summed E-state index contributed by atoms with van der Waals surface area (Å²) in [6.45, 7) is 2.82. The number of fused-ring (bicyclic) bond motifs is 1. The third-order valence-electron chi connectivity index (χ3n) is 4.36. The molecule has 1 fully saturated rings. The highest BCUT2D eigenvalue weighted by atomic mass is 32.2. The zero-order valence-corrected chi connectivity index (χ0v) is 16.3. The predicted molar refractivity (Wildman–Crippen MR) is 99.1 cm³/mol. The maximum atomic E-state index is 12.5. The Morgan fingerprint density at radius 1 is 1.44 bits per heavy atom. The molecule has 0 saturated carbocycles. The van der Waals surface area contributed by atoms with E-state index in [9.17, 15) is 24.3 Å². The van der Waals surface area contributed by atoms with Gasteiger partial charge in [-0.2, -0.15) is 0 Å². The van der Waals surface area contributed by atoms with E-state index >= 15 is 0 Å². The van der Waals surface area contributed by atoms with Crippen molar-refractivity contribution in [3.63, 3.8) is 0 Å². The van der Waals surface area contributed by atoms with Crippen molar-refractivity contribution in [3.8, 4) is 0 Å². The molecule has 2 N–H and O–H groups in total. The van der Waals surface area contributed by atoms with E-state index in [-0.39, 0.29) is 18.2 Å². The van der Waals surface area contributed by atoms with Crippen LogP contribution in [-0.4, -0.2) is 57.5 Å². The number of thioether (sulfide) groups is 1. The molecule has 2 amide bonds. The summed E-state index contributed by atoms with van der Waals surface area (Å²) in [5, 5.41) is 13.6. The van der Waals surface area contributed by atoms with Crippen LogP contribution in [0.3, 0.4) is 0 Å². The van der Waals surface area contributed by atoms with Crippen molar-refractivity contribution in [2.24, 2.45) is 0 Å². The van der Waals surface area contributed by atoms with Crippen LogP contribution < -0.4 is 5.32 Å². The minimum Gasteiger partial charge on any atom is -0.477 e. The number of nitrogens with zero attached hydrogens (tertiary/aromatic N) is 1. The van der Waals surface area contributed by atoms with Gasteiger partial charge in [-0.25, -0.2) is 4.79 Å². The number of rotatable bonds is 6. The molecule has 2 aliphatic rings. The van der Waals surface area contributed by atoms with Gasteiger partial charge in [0.15, 0.2) is 0 Å². The second-order valence-electron chi connectivity index (χ2n) is 6.17. The molecule has 10 heteroatoms. The molecular formula is C17H18N2O6S2. The van der Waals surface area contributed by atoms with Crippen LogP contribution in [0.15, 0.2) is 28.8 Å². The number of carboxylic acids is 1. The van der Waals surface area contributed by atoms with Gasteiger partial charge in [-0.15, -0.1) is 23.1 Å². The number of esters is 1. The van der Waals surface area contributed by atoms with Crippen molar-refractivity contribution < 1.29 is 29.0 Å². The second-order valence-corrected chi connectivity index (χ2v) is 8.26. The molecule has 144 valence electrons. The van der Waals surface area contributed by atoms with Crippen molar-refractivity contribution in [3.05, 3.63) is 33.7 Å². The lowest BCUT2D eigenvalue weighted by Gasteiger charge is -2.49. The summed E-state index contributed by atoms with van der Waals surface area (Å²) in [6.07, 6.45) is 0. The second kappa shape index (κ2) is 7.73. The van der Waals surface area contributed by atoms with Gasteiger partial charge in [-0.05, 0) is 18.4 Å². The van der Waals surface area contributed by atoms with Crippen LogP contribution in [0.25, 0.3) is 0 Å². The first-order valence-corrected chi connectivity index (χ1v) is 10.1. The van der Waals surface area contributed by atoms with E-state index in [1.165, 1.54) is 30.0 Å². The molecule has 1 aromatic rings. The number of ether oxygens (including phenoxy) is 1. The first-order valence-electron chi connectivity index (χ1n) is 8.18. The standard InChI is InChI=1S/C17H18N2O6S2/c1-8(11-4-3-5-26-11)14(21)18-12-15(22)19-13(17(23)24)10(6-25-9(2)20)7-27-16(12)19/h3-5,8,12,16H,6-7H2,1-2H3,(H,18,21)(H,23,24)/t8?,12?,16-/m0/s1. The van der Waals surface area contributed by atoms with Gasteiger partial charge in [0.25, 0.3) is 5.91 Å². The van der Waals surface area contributed by atoms with E-state index < -0.39 is 35.2 Å². The van der Waals surface area contributed by atoms with Crippen LogP contribution in [0, 0.1) is 0 Å². The molecule has 1 aromatic heterocycles. The lowest BCUT2D eigenvalue weighted by atomic mass is 10.0. The van der Waals surface area contributed by atoms with E-state index in [1.54, 1.807) is 6.92 Å². The fourth-order valence-corrected chi connectivity index (χ4v) is 5.04. The van der Waals surface area contributed by atoms with Gasteiger partial charge in [0.1, 0.15) is 23.7 Å². The third-order valence-corrected chi connectivity index (χ3v) is 6.76. The van der Waals surface area contributed by atoms with Gasteiger partial charge in [-0.1, -0.05) is 6.07 Å². The quantitative estimate of drug-likeness (QED) is 0.534. The Kier molecular flexibility index (Phi) is 5.56. The summed E-state index contributed by atoms with van der Waals surface area (Å²) < 4.78 is 4.89. The minimum absolute atomic E-state index is 0.165. The molecule has 0 spiro atoms. The lowest BCUT2D eigenvalue weighted by Crippen LogP contribution is -2.70. The van der Waals surface area contributed by atoms with E-state index in [0.717, 1.165) is 9.78 Å². The van der Waals surface area contributed by atoms with Crippen LogP contribution in [0.4, 0.5) is 0 Å². The SMILES string of the molecule is CC(=O)OCC1=C(C(=O)O)N2C(=O)C(NC(=O)C(C)c3cccs3)[C@@H]2SC1. The van der Waals surface area contributed by atoms with Gasteiger partial charge < -0.3 is 15.2 Å². The van der Waals surface area contributed by atoms with E-state index in [4.69, 9.17) is 4.74 Å². The number of nitrogens with one attached hydrogen (secondary N) is 1. The van der Waals surface area contributed by atoms with Gasteiger partial charge in [0, 0.05) is 23.1 Å². The number of thiophene rings is 1. The Morgan fingerprint density at radius 2 is 2.19 bits per heavy atom. The van der Waals surface area contributed by atoms with Crippen LogP contribution in [-0.2, 0) is 23.9 Å². The lowest BCUT2D eigenvalue weighted by molar-refractivity contribution is -0.151. The largest absolute Gasteiger partial charge is 0.477 e. The molecule has 3 rings (SSSR count). The number of β-lactam (4-membered cyclic amide) rings is 1. The highest BCUT2D eigenvalue weighted by Crippen LogP contribution is 2.40. The van der Waals surface area contributed by atoms with Crippen LogP contribution in [0.1, 0.15) is 24.6 Å². The molecular weight excluding hydrogens is 392 g/mol. The van der Waals surface area contributed by atoms with Crippen molar-refractivity contribution in [2.75, 3.05) is 12.4 Å². The Morgan fingerprint density at radius 3 is 2.78 bits per heavy atom. The highest BCUT2D eigenvalue weighted by molar-refractivity contribution is 8.00. The van der Waals surface area contributed by atoms with E-state index in [2.05, 4.69) is 5.32 Å². The van der Waals surface area contributed by atoms with Gasteiger partial charge in [0.05, 0.1) is 5.92 Å². The number of hydrogen-bond acceptors (Lipinski definition) is 7. The average Bonchev–Trinajstić information content (AvgIpc) is 3.16. The molecule has 8 nitrogen and oxygen atoms in total. The first kappa shape index (κ1) is 19.4. The van der Waals surface area contributed by atoms with Crippen molar-refractivity contribution in [1.82, 2.24) is 10.2 Å². The number of carbonyl (C=O) groups excluding carboxylic acids is 3. The summed E-state index contributed by atoms with van der Waals surface area (Å²) in [4.78, 5) is 49.7. The van der Waals surface area contributed by atoms with E-state index in [0.29, 0.717) is 11.3 Å². The summed E-state index contributed by atoms with van der Waals surface area (Å²) in [6, 6.07) is 2.94. The van der Waals surface area contributed by atoms with Crippen LogP contribution in [0.2, 0.25) is 0 Å². The molecule has 0 radical (unpaired) electrons. The monoisotopic (exact) mass is 410 g/mol. The smallest absolute Gasteiger partial charge is 0.352 e. The fourth-order valence-electron chi connectivity index (χ4n) is 2.93. The van der Waals surface area contributed by atoms with Crippen molar-refractivity contribution in [1.29, 1.82) is 0 Å². The maximum absolute atomic E-state index is 12.5. The summed E-state index contributed by atoms with van der Waals surface area (Å²) in [5.41, 5.74) is 0.200. The zero-order valence-electron chi connectivity index (χ0n) is 14.6. The Hall–Kier alpha value is -2.33. The molecule has 1 saturated heterocycles. The maximum Gasteiger partial charge on any atom is 0.352 e. The number of amides is 2. The van der Waals surface area contributed by atoms with Crippen molar-refractivity contribution in [2.45, 2.75) is 31.2 Å². The van der Waals surface area contributed by atoms with Gasteiger partial charge in [-0.3, -0.25) is 19.3 Å². The predicted octanol–water partition coefficient (Wildman–Crippen LogP) is 1.15. The zero-order chi connectivity index (χ0) is 19.7. The average molecular weight is 410 g/mol. The highest BCUT2D eigenvalue weighted by Gasteiger charge is 2.54. The third kappa shape index (κ3) is 3.72. The van der Waals surface area contributed by atoms with Crippen LogP contribution in [0.5, 0.6) is 0 Å². The summed E-state index contributed by atoms with van der Waals surface area (Å²) in [5.74, 6) is -2.63. The molecule has 2 unspecified atom stereocenters. The van der Waals surface area contributed by atoms with E-state index in [1.807, 2.05) is 17.5 Å². The Bertz CT molecular complexity index is 819. The topological polar surface area (TPSA) is 113 Å². The number of carbonyl (C=O) groups is 4. The normalized spacial score (nSPS) is 22.6. The number of aliphatic carboxylic acids is 1. The molecule has 3 atom stereocenters. The first-order chi connectivity index (χ1) is 12.8. The Labute approximate surface area is 163 Å². The molecule has 0 bridgehead atoms. The summed E-state index contributed by atoms with van der Waals surface area (Å²) >= 11 is 2.80. The molecule has 0 aliphatic carbocycles. The number of carboxylic acid groups (broad SMARTS) is 1. The fraction of sp³-hybridized carbons (Fsp3) is 0.412. The molecule has 0 aromatic carbocycles. The van der Waals surface area contributed by atoms with Crippen LogP contribution >= 0.6 is 23.1 Å². The van der Waals surface area contributed by atoms with Gasteiger partial charge in [0.2, 0.25) is 5.91 Å². The van der Waals surface area contributed by atoms with Crippen molar-refractivity contribution >= 4 is 46.9 Å². The molecule has 3 heterocycles. The minimum atomic E-state index is -1.26. The Balaban J connectivity index is 1.72. The van der Waals surface area contributed by atoms with Gasteiger partial charge >= 0.3 is 11.9 Å². The molecule has 27 heavy (non-hydrogen) atoms. The molecule has 2 aliphatic heterocycles.